The summed E-state index contributed by atoms with van der Waals surface area (Å²) in [5.74, 6) is 1.10. The van der Waals surface area contributed by atoms with Gasteiger partial charge in [0.1, 0.15) is 10.1 Å². The molecule has 4 nitrogen and oxygen atoms in total. The van der Waals surface area contributed by atoms with Crippen LogP contribution in [0.4, 0.5) is 5.69 Å². The Morgan fingerprint density at radius 1 is 1.37 bits per heavy atom. The second-order valence-electron chi connectivity index (χ2n) is 4.61. The van der Waals surface area contributed by atoms with Crippen molar-refractivity contribution in [2.45, 2.75) is 11.3 Å². The fraction of sp³-hybridized carbons (Fsp3) is 0.417. The lowest BCUT2D eigenvalue weighted by Gasteiger charge is -2.25. The van der Waals surface area contributed by atoms with E-state index in [0.717, 1.165) is 15.8 Å². The number of rotatable bonds is 2. The summed E-state index contributed by atoms with van der Waals surface area (Å²) in [5.41, 5.74) is 0.854. The molecule has 0 N–H and O–H groups in total. The third-order valence-corrected chi connectivity index (χ3v) is 6.99. The zero-order valence-electron chi connectivity index (χ0n) is 10.3. The van der Waals surface area contributed by atoms with Crippen molar-refractivity contribution in [1.82, 2.24) is 0 Å². The number of fused-ring (bicyclic) bond motifs is 1. The van der Waals surface area contributed by atoms with E-state index in [2.05, 4.69) is 0 Å². The first-order valence-corrected chi connectivity index (χ1v) is 8.96. The van der Waals surface area contributed by atoms with E-state index in [0.29, 0.717) is 0 Å². The zero-order valence-corrected chi connectivity index (χ0v) is 12.7. The maximum atomic E-state index is 11.8. The van der Waals surface area contributed by atoms with Gasteiger partial charge in [-0.05, 0) is 12.1 Å². The minimum absolute atomic E-state index is 0.0439. The SMILES string of the molecule is COc1ccccc1N1C(=S)SC2CS(=O)(=O)CC21. The summed E-state index contributed by atoms with van der Waals surface area (Å²) >= 11 is 6.88. The lowest BCUT2D eigenvalue weighted by Crippen LogP contribution is -2.36. The van der Waals surface area contributed by atoms with E-state index < -0.39 is 9.84 Å². The molecule has 102 valence electrons. The third-order valence-electron chi connectivity index (χ3n) is 3.40. The molecule has 0 amide bonds. The Balaban J connectivity index is 2.02. The summed E-state index contributed by atoms with van der Waals surface area (Å²) in [7, 11) is -1.35. The van der Waals surface area contributed by atoms with Crippen molar-refractivity contribution >= 4 is 43.8 Å². The quantitative estimate of drug-likeness (QED) is 0.774. The number of ether oxygens (including phenoxy) is 1. The van der Waals surface area contributed by atoms with Crippen LogP contribution in [0, 0.1) is 0 Å². The Hall–Kier alpha value is -0.790. The van der Waals surface area contributed by atoms with Crippen molar-refractivity contribution in [2.24, 2.45) is 0 Å². The van der Waals surface area contributed by atoms with Gasteiger partial charge in [-0.1, -0.05) is 36.1 Å². The van der Waals surface area contributed by atoms with Gasteiger partial charge in [-0.2, -0.15) is 0 Å². The average Bonchev–Trinajstić information content (AvgIpc) is 2.79. The highest BCUT2D eigenvalue weighted by atomic mass is 32.2. The summed E-state index contributed by atoms with van der Waals surface area (Å²) in [6, 6.07) is 7.50. The van der Waals surface area contributed by atoms with E-state index in [4.69, 9.17) is 17.0 Å². The van der Waals surface area contributed by atoms with Gasteiger partial charge in [0.2, 0.25) is 0 Å². The predicted molar refractivity (Wildman–Crippen MR) is 81.9 cm³/mol. The van der Waals surface area contributed by atoms with Crippen molar-refractivity contribution in [2.75, 3.05) is 23.5 Å². The number of methoxy groups -OCH3 is 1. The van der Waals surface area contributed by atoms with Crippen LogP contribution < -0.4 is 9.64 Å². The van der Waals surface area contributed by atoms with Crippen LogP contribution in [0.2, 0.25) is 0 Å². The van der Waals surface area contributed by atoms with Crippen LogP contribution in [-0.4, -0.2) is 42.6 Å². The van der Waals surface area contributed by atoms with Gasteiger partial charge in [-0.25, -0.2) is 8.42 Å². The monoisotopic (exact) mass is 315 g/mol. The minimum atomic E-state index is -2.95. The van der Waals surface area contributed by atoms with Crippen molar-refractivity contribution in [1.29, 1.82) is 0 Å². The van der Waals surface area contributed by atoms with Crippen LogP contribution in [0.25, 0.3) is 0 Å². The molecule has 2 fully saturated rings. The predicted octanol–water partition coefficient (Wildman–Crippen LogP) is 1.70. The van der Waals surface area contributed by atoms with Crippen LogP contribution >= 0.6 is 24.0 Å². The molecule has 0 bridgehead atoms. The maximum Gasteiger partial charge on any atom is 0.153 e. The summed E-state index contributed by atoms with van der Waals surface area (Å²) in [6.45, 7) is 0. The molecule has 1 aromatic carbocycles. The first-order valence-electron chi connectivity index (χ1n) is 5.85. The fourth-order valence-electron chi connectivity index (χ4n) is 2.58. The molecule has 2 saturated heterocycles. The molecule has 1 aromatic rings. The molecule has 2 aliphatic rings. The van der Waals surface area contributed by atoms with E-state index in [1.54, 1.807) is 7.11 Å². The van der Waals surface area contributed by atoms with E-state index in [1.807, 2.05) is 29.2 Å². The lowest BCUT2D eigenvalue weighted by molar-refractivity contribution is 0.415. The number of nitrogens with zero attached hydrogens (tertiary/aromatic N) is 1. The van der Waals surface area contributed by atoms with Crippen molar-refractivity contribution < 1.29 is 13.2 Å². The number of sulfone groups is 1. The van der Waals surface area contributed by atoms with Crippen molar-refractivity contribution in [3.05, 3.63) is 24.3 Å². The summed E-state index contributed by atoms with van der Waals surface area (Å²) < 4.78 is 29.6. The molecule has 2 atom stereocenters. The second-order valence-corrected chi connectivity index (χ2v) is 8.64. The van der Waals surface area contributed by atoms with Gasteiger partial charge < -0.3 is 9.64 Å². The third kappa shape index (κ3) is 2.23. The Morgan fingerprint density at radius 2 is 2.11 bits per heavy atom. The summed E-state index contributed by atoms with van der Waals surface area (Å²) in [6.07, 6.45) is 0. The fourth-order valence-corrected chi connectivity index (χ4v) is 6.94. The Morgan fingerprint density at radius 3 is 2.84 bits per heavy atom. The molecule has 19 heavy (non-hydrogen) atoms. The Kier molecular flexibility index (Phi) is 3.23. The molecule has 3 rings (SSSR count). The number of benzene rings is 1. The first kappa shape index (κ1) is 13.2. The summed E-state index contributed by atoms with van der Waals surface area (Å²) in [4.78, 5) is 1.94. The highest BCUT2D eigenvalue weighted by Crippen LogP contribution is 2.43. The van der Waals surface area contributed by atoms with Crippen molar-refractivity contribution in [3.8, 4) is 5.75 Å². The number of hydrogen-bond donors (Lipinski definition) is 0. The van der Waals surface area contributed by atoms with E-state index >= 15 is 0 Å². The second kappa shape index (κ2) is 4.64. The highest BCUT2D eigenvalue weighted by Gasteiger charge is 2.49. The highest BCUT2D eigenvalue weighted by molar-refractivity contribution is 8.24. The van der Waals surface area contributed by atoms with Crippen LogP contribution in [-0.2, 0) is 9.84 Å². The molecular weight excluding hydrogens is 302 g/mol. The molecule has 0 radical (unpaired) electrons. The first-order chi connectivity index (χ1) is 9.02. The van der Waals surface area contributed by atoms with E-state index in [1.165, 1.54) is 11.8 Å². The van der Waals surface area contributed by atoms with Crippen LogP contribution in [0.1, 0.15) is 0 Å². The standard InChI is InChI=1S/C12H13NO3S3/c1-16-10-5-3-2-4-8(10)13-9-6-19(14,15)7-11(9)18-12(13)17/h2-5,9,11H,6-7H2,1H3. The molecule has 2 unspecified atom stereocenters. The largest absolute Gasteiger partial charge is 0.495 e. The lowest BCUT2D eigenvalue weighted by atomic mass is 10.2. The molecule has 0 spiro atoms. The molecule has 0 saturated carbocycles. The van der Waals surface area contributed by atoms with Gasteiger partial charge >= 0.3 is 0 Å². The molecule has 2 heterocycles. The Bertz CT molecular complexity index is 629. The van der Waals surface area contributed by atoms with Gasteiger partial charge in [-0.15, -0.1) is 0 Å². The Labute approximate surface area is 122 Å². The minimum Gasteiger partial charge on any atom is -0.495 e. The number of thioether (sulfide) groups is 1. The van der Waals surface area contributed by atoms with Gasteiger partial charge in [0.15, 0.2) is 9.84 Å². The normalized spacial score (nSPS) is 28.5. The number of para-hydroxylation sites is 2. The smallest absolute Gasteiger partial charge is 0.153 e. The van der Waals surface area contributed by atoms with Crippen molar-refractivity contribution in [3.63, 3.8) is 0 Å². The van der Waals surface area contributed by atoms with Gasteiger partial charge in [-0.3, -0.25) is 0 Å². The van der Waals surface area contributed by atoms with Gasteiger partial charge in [0.05, 0.1) is 30.3 Å². The topological polar surface area (TPSA) is 46.6 Å². The number of thiocarbonyl (C=S) groups is 1. The van der Waals surface area contributed by atoms with Crippen LogP contribution in [0.5, 0.6) is 5.75 Å². The molecule has 7 heteroatoms. The molecule has 0 aromatic heterocycles. The van der Waals surface area contributed by atoms with Crippen LogP contribution in [0.3, 0.4) is 0 Å². The molecule has 2 aliphatic heterocycles. The molecule has 0 aliphatic carbocycles. The van der Waals surface area contributed by atoms with E-state index in [-0.39, 0.29) is 22.8 Å². The maximum absolute atomic E-state index is 11.8. The number of anilines is 1. The summed E-state index contributed by atoms with van der Waals surface area (Å²) in [5, 5.41) is 0.0439. The van der Waals surface area contributed by atoms with Gasteiger partial charge in [0.25, 0.3) is 0 Å². The van der Waals surface area contributed by atoms with Gasteiger partial charge in [0, 0.05) is 5.25 Å². The molecular formula is C12H13NO3S3. The average molecular weight is 315 g/mol. The van der Waals surface area contributed by atoms with Crippen LogP contribution in [0.15, 0.2) is 24.3 Å². The zero-order chi connectivity index (χ0) is 13.6. The van der Waals surface area contributed by atoms with E-state index in [9.17, 15) is 8.42 Å². The number of hydrogen-bond acceptors (Lipinski definition) is 5.